The molecule has 0 amide bonds. The van der Waals surface area contributed by atoms with Gasteiger partial charge in [0.25, 0.3) is 5.69 Å². The molecule has 0 saturated heterocycles. The second-order valence-electron chi connectivity index (χ2n) is 5.23. The molecule has 0 aromatic heterocycles. The molecular formula is C14H22N2O4. The van der Waals surface area contributed by atoms with Crippen LogP contribution in [-0.4, -0.2) is 35.3 Å². The summed E-state index contributed by atoms with van der Waals surface area (Å²) in [6.45, 7) is 8.38. The van der Waals surface area contributed by atoms with E-state index in [-0.39, 0.29) is 12.3 Å². The number of hydrogen-bond acceptors (Lipinski definition) is 5. The van der Waals surface area contributed by atoms with Crippen molar-refractivity contribution in [3.63, 3.8) is 0 Å². The zero-order valence-corrected chi connectivity index (χ0v) is 12.4. The van der Waals surface area contributed by atoms with Crippen LogP contribution in [0.2, 0.25) is 0 Å². The summed E-state index contributed by atoms with van der Waals surface area (Å²) in [7, 11) is 0. The predicted octanol–water partition coefficient (Wildman–Crippen LogP) is 1.95. The molecular weight excluding hydrogens is 260 g/mol. The summed E-state index contributed by atoms with van der Waals surface area (Å²) >= 11 is 0. The van der Waals surface area contributed by atoms with E-state index in [1.807, 2.05) is 6.92 Å². The molecule has 20 heavy (non-hydrogen) atoms. The van der Waals surface area contributed by atoms with Gasteiger partial charge in [-0.05, 0) is 38.9 Å². The van der Waals surface area contributed by atoms with Crippen LogP contribution in [0.5, 0.6) is 5.75 Å². The molecule has 1 atom stereocenters. The number of nitro groups is 1. The van der Waals surface area contributed by atoms with Crippen LogP contribution in [0.15, 0.2) is 12.1 Å². The number of likely N-dealkylation sites (N-methyl/N-ethyl adjacent to an activating group) is 1. The fraction of sp³-hybridized carbons (Fsp3) is 0.571. The molecule has 6 heteroatoms. The van der Waals surface area contributed by atoms with E-state index >= 15 is 0 Å². The molecule has 1 unspecified atom stereocenters. The minimum Gasteiger partial charge on any atom is -0.490 e. The van der Waals surface area contributed by atoms with Gasteiger partial charge in [-0.15, -0.1) is 0 Å². The van der Waals surface area contributed by atoms with Crippen molar-refractivity contribution in [1.82, 2.24) is 5.32 Å². The van der Waals surface area contributed by atoms with Gasteiger partial charge in [-0.25, -0.2) is 0 Å². The summed E-state index contributed by atoms with van der Waals surface area (Å²) in [5.41, 5.74) is 0.315. The quantitative estimate of drug-likeness (QED) is 0.590. The zero-order valence-electron chi connectivity index (χ0n) is 12.4. The maximum Gasteiger partial charge on any atom is 0.272 e. The summed E-state index contributed by atoms with van der Waals surface area (Å²) in [5.74, 6) is 0.560. The van der Waals surface area contributed by atoms with Gasteiger partial charge in [-0.2, -0.15) is 0 Å². The number of nitro benzene ring substituents is 1. The lowest BCUT2D eigenvalue weighted by atomic mass is 10.1. The summed E-state index contributed by atoms with van der Waals surface area (Å²) in [4.78, 5) is 10.4. The molecule has 0 radical (unpaired) electrons. The Hall–Kier alpha value is -1.66. The molecule has 112 valence electrons. The van der Waals surface area contributed by atoms with Gasteiger partial charge in [0.15, 0.2) is 0 Å². The van der Waals surface area contributed by atoms with Gasteiger partial charge in [0, 0.05) is 18.2 Å². The lowest BCUT2D eigenvalue weighted by Gasteiger charge is -2.24. The second-order valence-corrected chi connectivity index (χ2v) is 5.23. The van der Waals surface area contributed by atoms with Crippen LogP contribution in [0.25, 0.3) is 0 Å². The van der Waals surface area contributed by atoms with Crippen molar-refractivity contribution < 1.29 is 14.8 Å². The van der Waals surface area contributed by atoms with Crippen molar-refractivity contribution >= 4 is 5.69 Å². The van der Waals surface area contributed by atoms with Gasteiger partial charge < -0.3 is 15.2 Å². The second kappa shape index (κ2) is 6.67. The molecule has 0 aliphatic rings. The highest BCUT2D eigenvalue weighted by Gasteiger charge is 2.22. The molecule has 0 aliphatic heterocycles. The minimum absolute atomic E-state index is 0.0780. The Bertz CT molecular complexity index is 486. The lowest BCUT2D eigenvalue weighted by Crippen LogP contribution is -2.42. The molecule has 0 bridgehead atoms. The highest BCUT2D eigenvalue weighted by molar-refractivity contribution is 5.49. The van der Waals surface area contributed by atoms with E-state index in [4.69, 9.17) is 4.74 Å². The highest BCUT2D eigenvalue weighted by Crippen LogP contribution is 2.28. The molecule has 1 aromatic rings. The van der Waals surface area contributed by atoms with Crippen LogP contribution in [0, 0.1) is 24.0 Å². The first-order valence-electron chi connectivity index (χ1n) is 6.58. The molecule has 0 saturated carbocycles. The van der Waals surface area contributed by atoms with Gasteiger partial charge in [-0.1, -0.05) is 6.92 Å². The number of benzene rings is 1. The summed E-state index contributed by atoms with van der Waals surface area (Å²) in [6.07, 6.45) is 0. The van der Waals surface area contributed by atoms with E-state index in [0.29, 0.717) is 23.4 Å². The number of aryl methyl sites for hydroxylation is 2. The van der Waals surface area contributed by atoms with Gasteiger partial charge in [0.05, 0.1) is 4.92 Å². The Morgan fingerprint density at radius 2 is 2.05 bits per heavy atom. The Kier molecular flexibility index (Phi) is 5.47. The first-order chi connectivity index (χ1) is 9.26. The number of hydrogen-bond donors (Lipinski definition) is 2. The van der Waals surface area contributed by atoms with Crippen LogP contribution < -0.4 is 10.1 Å². The van der Waals surface area contributed by atoms with Crippen molar-refractivity contribution in [1.29, 1.82) is 0 Å². The molecule has 1 aromatic carbocycles. The maximum atomic E-state index is 10.8. The first kappa shape index (κ1) is 16.4. The van der Waals surface area contributed by atoms with E-state index < -0.39 is 10.5 Å². The number of nitrogens with zero attached hydrogens (tertiary/aromatic N) is 1. The molecule has 0 heterocycles. The van der Waals surface area contributed by atoms with Gasteiger partial charge in [0.2, 0.25) is 0 Å². The third kappa shape index (κ3) is 4.47. The lowest BCUT2D eigenvalue weighted by molar-refractivity contribution is -0.385. The zero-order chi connectivity index (χ0) is 15.3. The SMILES string of the molecule is CCNCC(C)(O)COc1cc(C)c([N+](=O)[O-])cc1C. The van der Waals surface area contributed by atoms with E-state index in [1.54, 1.807) is 26.8 Å². The largest absolute Gasteiger partial charge is 0.490 e. The third-order valence-electron chi connectivity index (χ3n) is 2.98. The van der Waals surface area contributed by atoms with Gasteiger partial charge in [-0.3, -0.25) is 10.1 Å². The topological polar surface area (TPSA) is 84.6 Å². The summed E-state index contributed by atoms with van der Waals surface area (Å²) in [6, 6.07) is 3.13. The Morgan fingerprint density at radius 3 is 2.60 bits per heavy atom. The Balaban J connectivity index is 2.79. The van der Waals surface area contributed by atoms with Gasteiger partial charge >= 0.3 is 0 Å². The summed E-state index contributed by atoms with van der Waals surface area (Å²) < 4.78 is 5.60. The standard InChI is InChI=1S/C14H22N2O4/c1-5-15-8-14(4,17)9-20-13-7-10(2)12(16(18)19)6-11(13)3/h6-7,15,17H,5,8-9H2,1-4H3. The average Bonchev–Trinajstić information content (AvgIpc) is 2.36. The number of nitrogens with one attached hydrogen (secondary N) is 1. The maximum absolute atomic E-state index is 10.8. The van der Waals surface area contributed by atoms with Crippen LogP contribution in [-0.2, 0) is 0 Å². The van der Waals surface area contributed by atoms with Crippen LogP contribution >= 0.6 is 0 Å². The minimum atomic E-state index is -0.988. The van der Waals surface area contributed by atoms with E-state index in [0.717, 1.165) is 6.54 Å². The monoisotopic (exact) mass is 282 g/mol. The number of rotatable bonds is 7. The van der Waals surface area contributed by atoms with Gasteiger partial charge in [0.1, 0.15) is 18.0 Å². The smallest absolute Gasteiger partial charge is 0.272 e. The van der Waals surface area contributed by atoms with Crippen LogP contribution in [0.4, 0.5) is 5.69 Å². The number of aliphatic hydroxyl groups is 1. The molecule has 0 fully saturated rings. The normalized spacial score (nSPS) is 13.8. The fourth-order valence-electron chi connectivity index (χ4n) is 1.81. The summed E-state index contributed by atoms with van der Waals surface area (Å²) in [5, 5.41) is 24.0. The average molecular weight is 282 g/mol. The van der Waals surface area contributed by atoms with E-state index in [9.17, 15) is 15.2 Å². The number of ether oxygens (including phenoxy) is 1. The molecule has 2 N–H and O–H groups in total. The molecule has 0 aliphatic carbocycles. The third-order valence-corrected chi connectivity index (χ3v) is 2.98. The van der Waals surface area contributed by atoms with E-state index in [2.05, 4.69) is 5.32 Å². The fourth-order valence-corrected chi connectivity index (χ4v) is 1.81. The highest BCUT2D eigenvalue weighted by atomic mass is 16.6. The van der Waals surface area contributed by atoms with Crippen molar-refractivity contribution in [2.45, 2.75) is 33.3 Å². The van der Waals surface area contributed by atoms with Crippen molar-refractivity contribution in [2.24, 2.45) is 0 Å². The molecule has 0 spiro atoms. The van der Waals surface area contributed by atoms with Crippen LogP contribution in [0.1, 0.15) is 25.0 Å². The molecule has 1 rings (SSSR count). The first-order valence-corrected chi connectivity index (χ1v) is 6.58. The van der Waals surface area contributed by atoms with E-state index in [1.165, 1.54) is 6.07 Å². The Labute approximate surface area is 118 Å². The molecule has 6 nitrogen and oxygen atoms in total. The van der Waals surface area contributed by atoms with Crippen molar-refractivity contribution in [3.8, 4) is 5.75 Å². The Morgan fingerprint density at radius 1 is 1.40 bits per heavy atom. The van der Waals surface area contributed by atoms with Crippen LogP contribution in [0.3, 0.4) is 0 Å². The van der Waals surface area contributed by atoms with Crippen molar-refractivity contribution in [2.75, 3.05) is 19.7 Å². The predicted molar refractivity (Wildman–Crippen MR) is 77.2 cm³/mol. The van der Waals surface area contributed by atoms with Crippen molar-refractivity contribution in [3.05, 3.63) is 33.4 Å².